The van der Waals surface area contributed by atoms with E-state index in [2.05, 4.69) is 19.2 Å². The maximum absolute atomic E-state index is 12.0. The van der Waals surface area contributed by atoms with Gasteiger partial charge in [0.2, 0.25) is 5.91 Å². The molecule has 3 heteroatoms. The summed E-state index contributed by atoms with van der Waals surface area (Å²) < 4.78 is 0. The van der Waals surface area contributed by atoms with E-state index in [1.54, 1.807) is 0 Å². The number of hydrogen-bond donors (Lipinski definition) is 1. The van der Waals surface area contributed by atoms with Crippen LogP contribution in [0.1, 0.15) is 52.4 Å². The largest absolute Gasteiger partial charge is 0.343 e. The Balaban J connectivity index is 2.29. The van der Waals surface area contributed by atoms with Gasteiger partial charge in [0.05, 0.1) is 0 Å². The molecule has 1 aliphatic rings. The number of nitrogens with one attached hydrogen (secondary N) is 1. The lowest BCUT2D eigenvalue weighted by Crippen LogP contribution is -2.40. The van der Waals surface area contributed by atoms with Crippen LogP contribution < -0.4 is 5.32 Å². The number of amides is 1. The Morgan fingerprint density at radius 3 is 2.75 bits per heavy atom. The maximum atomic E-state index is 12.0. The molecular weight excluding hydrogens is 200 g/mol. The molecule has 1 saturated heterocycles. The van der Waals surface area contributed by atoms with E-state index in [-0.39, 0.29) is 0 Å². The molecule has 0 radical (unpaired) electrons. The molecule has 1 amide bonds. The van der Waals surface area contributed by atoms with Crippen molar-refractivity contribution >= 4 is 5.91 Å². The second-order valence-electron chi connectivity index (χ2n) is 4.68. The molecule has 1 fully saturated rings. The Morgan fingerprint density at radius 1 is 1.38 bits per heavy atom. The lowest BCUT2D eigenvalue weighted by atomic mass is 10.0. The summed E-state index contributed by atoms with van der Waals surface area (Å²) in [5, 5.41) is 3.44. The monoisotopic (exact) mass is 226 g/mol. The van der Waals surface area contributed by atoms with Crippen molar-refractivity contribution < 1.29 is 4.79 Å². The van der Waals surface area contributed by atoms with Gasteiger partial charge < -0.3 is 10.2 Å². The van der Waals surface area contributed by atoms with Gasteiger partial charge in [-0.2, -0.15) is 0 Å². The van der Waals surface area contributed by atoms with Crippen LogP contribution >= 0.6 is 0 Å². The van der Waals surface area contributed by atoms with Gasteiger partial charge in [-0.15, -0.1) is 0 Å². The van der Waals surface area contributed by atoms with E-state index < -0.39 is 0 Å². The number of rotatable bonds is 6. The van der Waals surface area contributed by atoms with Crippen LogP contribution in [0.2, 0.25) is 0 Å². The zero-order valence-electron chi connectivity index (χ0n) is 10.8. The fraction of sp³-hybridized carbons (Fsp3) is 0.923. The van der Waals surface area contributed by atoms with Crippen LogP contribution in [0.3, 0.4) is 0 Å². The van der Waals surface area contributed by atoms with Crippen molar-refractivity contribution in [3.05, 3.63) is 0 Å². The number of carbonyl (C=O) groups is 1. The lowest BCUT2D eigenvalue weighted by molar-refractivity contribution is -0.131. The van der Waals surface area contributed by atoms with Crippen LogP contribution in [-0.2, 0) is 4.79 Å². The van der Waals surface area contributed by atoms with Gasteiger partial charge >= 0.3 is 0 Å². The van der Waals surface area contributed by atoms with Crippen LogP contribution in [0.5, 0.6) is 0 Å². The quantitative estimate of drug-likeness (QED) is 0.753. The molecule has 0 aromatic rings. The van der Waals surface area contributed by atoms with Gasteiger partial charge in [-0.05, 0) is 32.7 Å². The van der Waals surface area contributed by atoms with E-state index in [1.165, 1.54) is 12.8 Å². The first-order valence-electron chi connectivity index (χ1n) is 6.79. The third kappa shape index (κ3) is 4.52. The first-order valence-corrected chi connectivity index (χ1v) is 6.79. The van der Waals surface area contributed by atoms with Crippen molar-refractivity contribution in [1.29, 1.82) is 0 Å². The molecule has 1 aliphatic heterocycles. The van der Waals surface area contributed by atoms with Crippen LogP contribution in [0, 0.1) is 0 Å². The zero-order chi connectivity index (χ0) is 11.8. The smallest absolute Gasteiger partial charge is 0.224 e. The summed E-state index contributed by atoms with van der Waals surface area (Å²) in [5.74, 6) is 0.329. The average molecular weight is 226 g/mol. The molecule has 1 atom stereocenters. The van der Waals surface area contributed by atoms with E-state index in [1.807, 2.05) is 4.90 Å². The predicted octanol–water partition coefficient (Wildman–Crippen LogP) is 2.17. The molecule has 3 nitrogen and oxygen atoms in total. The highest BCUT2D eigenvalue weighted by Gasteiger charge is 2.19. The number of piperidine rings is 1. The van der Waals surface area contributed by atoms with E-state index in [4.69, 9.17) is 0 Å². The topological polar surface area (TPSA) is 32.3 Å². The maximum Gasteiger partial charge on any atom is 0.224 e. The van der Waals surface area contributed by atoms with Crippen LogP contribution in [-0.4, -0.2) is 36.5 Å². The van der Waals surface area contributed by atoms with Crippen molar-refractivity contribution in [2.24, 2.45) is 0 Å². The van der Waals surface area contributed by atoms with Crippen molar-refractivity contribution in [2.45, 2.75) is 58.4 Å². The number of hydrogen-bond acceptors (Lipinski definition) is 2. The number of carbonyl (C=O) groups excluding carboxylic acids is 1. The molecule has 0 aromatic carbocycles. The Labute approximate surface area is 99.6 Å². The van der Waals surface area contributed by atoms with Gasteiger partial charge in [-0.25, -0.2) is 0 Å². The van der Waals surface area contributed by atoms with Crippen LogP contribution in [0.4, 0.5) is 0 Å². The summed E-state index contributed by atoms with van der Waals surface area (Å²) in [6.07, 6.45) is 6.67. The van der Waals surface area contributed by atoms with Gasteiger partial charge in [0.15, 0.2) is 0 Å². The molecule has 1 heterocycles. The molecule has 16 heavy (non-hydrogen) atoms. The molecule has 0 aliphatic carbocycles. The van der Waals surface area contributed by atoms with Crippen LogP contribution in [0.25, 0.3) is 0 Å². The Morgan fingerprint density at radius 2 is 2.19 bits per heavy atom. The van der Waals surface area contributed by atoms with Gasteiger partial charge in [0, 0.05) is 25.6 Å². The SMILES string of the molecule is CCCCN(CC)C(=O)CC1CCCCN1. The van der Waals surface area contributed by atoms with Crippen molar-refractivity contribution in [3.8, 4) is 0 Å². The zero-order valence-corrected chi connectivity index (χ0v) is 10.8. The lowest BCUT2D eigenvalue weighted by Gasteiger charge is -2.27. The Hall–Kier alpha value is -0.570. The first kappa shape index (κ1) is 13.5. The molecule has 0 aromatic heterocycles. The predicted molar refractivity (Wildman–Crippen MR) is 67.4 cm³/mol. The van der Waals surface area contributed by atoms with Gasteiger partial charge in [-0.3, -0.25) is 4.79 Å². The fourth-order valence-corrected chi connectivity index (χ4v) is 2.25. The third-order valence-corrected chi connectivity index (χ3v) is 3.35. The van der Waals surface area contributed by atoms with E-state index >= 15 is 0 Å². The molecule has 1 unspecified atom stereocenters. The highest BCUT2D eigenvalue weighted by molar-refractivity contribution is 5.76. The van der Waals surface area contributed by atoms with E-state index in [0.717, 1.165) is 38.9 Å². The normalized spacial score (nSPS) is 20.8. The summed E-state index contributed by atoms with van der Waals surface area (Å²) in [6.45, 7) is 7.10. The van der Waals surface area contributed by atoms with Gasteiger partial charge in [-0.1, -0.05) is 19.8 Å². The molecular formula is C13H26N2O. The van der Waals surface area contributed by atoms with Gasteiger partial charge in [0.25, 0.3) is 0 Å². The third-order valence-electron chi connectivity index (χ3n) is 3.35. The standard InChI is InChI=1S/C13H26N2O/c1-3-5-10-15(4-2)13(16)11-12-8-6-7-9-14-12/h12,14H,3-11H2,1-2H3. The Kier molecular flexibility index (Phi) is 6.46. The minimum atomic E-state index is 0.329. The van der Waals surface area contributed by atoms with Crippen LogP contribution in [0.15, 0.2) is 0 Å². The van der Waals surface area contributed by atoms with Crippen molar-refractivity contribution in [3.63, 3.8) is 0 Å². The van der Waals surface area contributed by atoms with Gasteiger partial charge in [0.1, 0.15) is 0 Å². The Bertz CT molecular complexity index is 200. The first-order chi connectivity index (χ1) is 7.77. The highest BCUT2D eigenvalue weighted by atomic mass is 16.2. The minimum absolute atomic E-state index is 0.329. The van der Waals surface area contributed by atoms with Crippen molar-refractivity contribution in [1.82, 2.24) is 10.2 Å². The summed E-state index contributed by atoms with van der Waals surface area (Å²) in [5.41, 5.74) is 0. The molecule has 0 bridgehead atoms. The molecule has 1 N–H and O–H groups in total. The summed E-state index contributed by atoms with van der Waals surface area (Å²) in [6, 6.07) is 0.428. The second-order valence-corrected chi connectivity index (χ2v) is 4.68. The number of unbranched alkanes of at least 4 members (excludes halogenated alkanes) is 1. The molecule has 1 rings (SSSR count). The molecule has 0 spiro atoms. The number of nitrogens with zero attached hydrogens (tertiary/aromatic N) is 1. The molecule has 0 saturated carbocycles. The summed E-state index contributed by atoms with van der Waals surface area (Å²) in [7, 11) is 0. The molecule has 94 valence electrons. The highest BCUT2D eigenvalue weighted by Crippen LogP contribution is 2.11. The summed E-state index contributed by atoms with van der Waals surface area (Å²) in [4.78, 5) is 14.0. The van der Waals surface area contributed by atoms with E-state index in [0.29, 0.717) is 18.4 Å². The van der Waals surface area contributed by atoms with E-state index in [9.17, 15) is 4.79 Å². The fourth-order valence-electron chi connectivity index (χ4n) is 2.25. The average Bonchev–Trinajstić information content (AvgIpc) is 2.31. The second kappa shape index (κ2) is 7.66. The van der Waals surface area contributed by atoms with Crippen molar-refractivity contribution in [2.75, 3.05) is 19.6 Å². The minimum Gasteiger partial charge on any atom is -0.343 e. The summed E-state index contributed by atoms with van der Waals surface area (Å²) >= 11 is 0.